The molecule has 0 aliphatic carbocycles. The number of aromatic nitrogens is 2. The van der Waals surface area contributed by atoms with E-state index in [0.717, 1.165) is 42.4 Å². The largest absolute Gasteiger partial charge is 0.458 e. The van der Waals surface area contributed by atoms with Gasteiger partial charge in [-0.2, -0.15) is 11.8 Å². The Morgan fingerprint density at radius 1 is 1.38 bits per heavy atom. The molecule has 158 valence electrons. The van der Waals surface area contributed by atoms with Crippen molar-refractivity contribution in [1.29, 1.82) is 0 Å². The Morgan fingerprint density at radius 2 is 2.10 bits per heavy atom. The van der Waals surface area contributed by atoms with Crippen LogP contribution in [0, 0.1) is 5.82 Å². The molecule has 1 aromatic carbocycles. The second-order valence-corrected chi connectivity index (χ2v) is 9.27. The number of rotatable bonds is 7. The zero-order valence-electron chi connectivity index (χ0n) is 16.3. The number of carbonyl (C=O) groups is 1. The van der Waals surface area contributed by atoms with Gasteiger partial charge in [0.15, 0.2) is 0 Å². The minimum absolute atomic E-state index is 0.0281. The van der Waals surface area contributed by atoms with Gasteiger partial charge < -0.3 is 4.74 Å². The Kier molecular flexibility index (Phi) is 7.59. The lowest BCUT2D eigenvalue weighted by molar-refractivity contribution is 0.0386. The summed E-state index contributed by atoms with van der Waals surface area (Å²) in [4.78, 5) is 29.2. The van der Waals surface area contributed by atoms with Crippen molar-refractivity contribution in [3.8, 4) is 0 Å². The summed E-state index contributed by atoms with van der Waals surface area (Å²) in [7, 11) is 0. The molecule has 0 saturated carbocycles. The highest BCUT2D eigenvalue weighted by Gasteiger charge is 2.19. The van der Waals surface area contributed by atoms with Crippen LogP contribution in [0.1, 0.15) is 43.5 Å². The number of ether oxygens (including phenoxy) is 1. The van der Waals surface area contributed by atoms with Crippen LogP contribution in [-0.4, -0.2) is 32.9 Å². The van der Waals surface area contributed by atoms with Crippen LogP contribution < -0.4 is 9.67 Å². The van der Waals surface area contributed by atoms with E-state index in [2.05, 4.69) is 11.9 Å². The van der Waals surface area contributed by atoms with Crippen LogP contribution in [0.3, 0.4) is 0 Å². The minimum Gasteiger partial charge on any atom is -0.458 e. The standard InChI is InChI=1S/C19H23ClFN3O3S2/c1-3-8-28-11-12(2)27-17(25)13-9-16(15(21)10-14(13)20)22-18-23-6-4-5-7-24(23)19(26)29-18/h9-10,12H,3-8,11H2,1-2H3. The van der Waals surface area contributed by atoms with Crippen molar-refractivity contribution in [3.05, 3.63) is 43.0 Å². The molecule has 0 fully saturated rings. The van der Waals surface area contributed by atoms with Gasteiger partial charge in [-0.15, -0.1) is 0 Å². The highest BCUT2D eigenvalue weighted by molar-refractivity contribution is 7.99. The molecule has 0 spiro atoms. The number of hydrogen-bond donors (Lipinski definition) is 0. The molecule has 2 heterocycles. The number of carbonyl (C=O) groups excluding carboxylic acids is 1. The molecule has 10 heteroatoms. The number of thioether (sulfide) groups is 1. The maximum absolute atomic E-state index is 14.5. The number of halogens is 2. The molecule has 2 aromatic rings. The number of fused-ring (bicyclic) bond motifs is 1. The van der Waals surface area contributed by atoms with Gasteiger partial charge in [-0.1, -0.05) is 18.5 Å². The zero-order chi connectivity index (χ0) is 21.0. The van der Waals surface area contributed by atoms with E-state index in [9.17, 15) is 14.0 Å². The minimum atomic E-state index is -0.658. The summed E-state index contributed by atoms with van der Waals surface area (Å²) < 4.78 is 23.3. The highest BCUT2D eigenvalue weighted by Crippen LogP contribution is 2.27. The maximum Gasteiger partial charge on any atom is 0.340 e. The molecular formula is C19H23ClFN3O3S2. The first-order valence-electron chi connectivity index (χ1n) is 9.54. The van der Waals surface area contributed by atoms with Gasteiger partial charge >= 0.3 is 10.8 Å². The number of benzene rings is 1. The van der Waals surface area contributed by atoms with Crippen LogP contribution in [0.25, 0.3) is 0 Å². The predicted molar refractivity (Wildman–Crippen MR) is 115 cm³/mol. The van der Waals surface area contributed by atoms with Crippen molar-refractivity contribution in [1.82, 2.24) is 9.36 Å². The Balaban J connectivity index is 1.89. The third-order valence-electron chi connectivity index (χ3n) is 4.37. The normalized spacial score (nSPS) is 15.2. The molecule has 0 N–H and O–H groups in total. The van der Waals surface area contributed by atoms with Crippen LogP contribution in [0.4, 0.5) is 10.1 Å². The van der Waals surface area contributed by atoms with Crippen molar-refractivity contribution < 1.29 is 13.9 Å². The fraction of sp³-hybridized carbons (Fsp3) is 0.526. The Morgan fingerprint density at radius 3 is 2.83 bits per heavy atom. The molecule has 3 rings (SSSR count). The van der Waals surface area contributed by atoms with Crippen LogP contribution >= 0.6 is 34.7 Å². The van der Waals surface area contributed by atoms with Gasteiger partial charge in [0.05, 0.1) is 10.6 Å². The molecule has 0 radical (unpaired) electrons. The van der Waals surface area contributed by atoms with E-state index in [0.29, 0.717) is 23.6 Å². The molecule has 6 nitrogen and oxygen atoms in total. The van der Waals surface area contributed by atoms with Crippen LogP contribution in [0.2, 0.25) is 5.02 Å². The van der Waals surface area contributed by atoms with E-state index in [4.69, 9.17) is 16.3 Å². The SMILES string of the molecule is CCCSCC(C)OC(=O)c1cc(N=c2sc(=O)n3n2CCCC3)c(F)cc1Cl. The lowest BCUT2D eigenvalue weighted by Gasteiger charge is -2.16. The first kappa shape index (κ1) is 22.1. The average Bonchev–Trinajstić information content (AvgIpc) is 3.00. The molecule has 1 atom stereocenters. The second-order valence-electron chi connectivity index (χ2n) is 6.79. The summed E-state index contributed by atoms with van der Waals surface area (Å²) in [5.41, 5.74) is 0.0154. The molecule has 1 aliphatic rings. The van der Waals surface area contributed by atoms with Gasteiger partial charge in [-0.25, -0.2) is 18.9 Å². The van der Waals surface area contributed by atoms with Gasteiger partial charge in [-0.3, -0.25) is 9.48 Å². The lowest BCUT2D eigenvalue weighted by atomic mass is 10.2. The molecule has 0 saturated heterocycles. The Bertz CT molecular complexity index is 1020. The van der Waals surface area contributed by atoms with Gasteiger partial charge in [0.1, 0.15) is 17.6 Å². The quantitative estimate of drug-likeness (QED) is 0.459. The first-order valence-corrected chi connectivity index (χ1v) is 11.9. The Labute approximate surface area is 181 Å². The predicted octanol–water partition coefficient (Wildman–Crippen LogP) is 4.22. The zero-order valence-corrected chi connectivity index (χ0v) is 18.7. The second kappa shape index (κ2) is 9.95. The van der Waals surface area contributed by atoms with Crippen molar-refractivity contribution in [3.63, 3.8) is 0 Å². The van der Waals surface area contributed by atoms with Crippen LogP contribution in [0.5, 0.6) is 0 Å². The topological polar surface area (TPSA) is 65.6 Å². The third kappa shape index (κ3) is 5.32. The summed E-state index contributed by atoms with van der Waals surface area (Å²) in [6.07, 6.45) is 2.61. The molecular weight excluding hydrogens is 437 g/mol. The van der Waals surface area contributed by atoms with E-state index in [1.54, 1.807) is 21.1 Å². The van der Waals surface area contributed by atoms with Crippen LogP contribution in [-0.2, 0) is 17.8 Å². The van der Waals surface area contributed by atoms with Gasteiger partial charge in [0.2, 0.25) is 4.80 Å². The molecule has 1 aliphatic heterocycles. The number of hydrogen-bond acceptors (Lipinski definition) is 6. The summed E-state index contributed by atoms with van der Waals surface area (Å²) in [6.45, 7) is 5.17. The highest BCUT2D eigenvalue weighted by atomic mass is 35.5. The van der Waals surface area contributed by atoms with E-state index in [1.807, 2.05) is 6.92 Å². The van der Waals surface area contributed by atoms with Gasteiger partial charge in [0, 0.05) is 18.8 Å². The van der Waals surface area contributed by atoms with Crippen molar-refractivity contribution in [2.75, 3.05) is 11.5 Å². The fourth-order valence-corrected chi connectivity index (χ4v) is 4.95. The monoisotopic (exact) mass is 459 g/mol. The number of esters is 1. The summed E-state index contributed by atoms with van der Waals surface area (Å²) in [5, 5.41) is -0.0281. The van der Waals surface area contributed by atoms with Gasteiger partial charge in [-0.05, 0) is 55.4 Å². The fourth-order valence-electron chi connectivity index (χ4n) is 2.97. The Hall–Kier alpha value is -1.58. The third-order valence-corrected chi connectivity index (χ3v) is 6.96. The van der Waals surface area contributed by atoms with Gasteiger partial charge in [0.25, 0.3) is 0 Å². The molecule has 29 heavy (non-hydrogen) atoms. The summed E-state index contributed by atoms with van der Waals surface area (Å²) in [5.74, 6) is 0.395. The van der Waals surface area contributed by atoms with Crippen molar-refractivity contribution >= 4 is 46.4 Å². The van der Waals surface area contributed by atoms with E-state index < -0.39 is 11.8 Å². The maximum atomic E-state index is 14.5. The van der Waals surface area contributed by atoms with Crippen LogP contribution in [0.15, 0.2) is 21.9 Å². The molecule has 1 aromatic heterocycles. The average molecular weight is 460 g/mol. The summed E-state index contributed by atoms with van der Waals surface area (Å²) >= 11 is 8.75. The lowest BCUT2D eigenvalue weighted by Crippen LogP contribution is -2.31. The molecule has 0 amide bonds. The van der Waals surface area contributed by atoms with Crippen molar-refractivity contribution in [2.45, 2.75) is 52.3 Å². The van der Waals surface area contributed by atoms with E-state index in [-0.39, 0.29) is 27.3 Å². The van der Waals surface area contributed by atoms with Crippen molar-refractivity contribution in [2.24, 2.45) is 4.99 Å². The van der Waals surface area contributed by atoms with E-state index >= 15 is 0 Å². The molecule has 0 bridgehead atoms. The van der Waals surface area contributed by atoms with E-state index in [1.165, 1.54) is 6.07 Å². The smallest absolute Gasteiger partial charge is 0.340 e. The molecule has 1 unspecified atom stereocenters. The first-order chi connectivity index (χ1) is 13.9. The number of nitrogens with zero attached hydrogens (tertiary/aromatic N) is 3. The summed E-state index contributed by atoms with van der Waals surface area (Å²) in [6, 6.07) is 2.35.